The van der Waals surface area contributed by atoms with Crippen LogP contribution in [0.2, 0.25) is 0 Å². The first kappa shape index (κ1) is 14.2. The predicted molar refractivity (Wildman–Crippen MR) is 81.9 cm³/mol. The summed E-state index contributed by atoms with van der Waals surface area (Å²) in [7, 11) is 0. The van der Waals surface area contributed by atoms with E-state index >= 15 is 0 Å². The number of rotatable bonds is 3. The third-order valence-electron chi connectivity index (χ3n) is 4.12. The minimum atomic E-state index is -0.590. The van der Waals surface area contributed by atoms with Crippen LogP contribution in [0.25, 0.3) is 10.9 Å². The quantitative estimate of drug-likeness (QED) is 0.825. The van der Waals surface area contributed by atoms with Crippen molar-refractivity contribution in [3.63, 3.8) is 0 Å². The first-order valence-electron chi connectivity index (χ1n) is 7.02. The Bertz CT molecular complexity index is 739. The standard InChI is InChI=1S/C15H17N5O2/c1-8-2-3-12-9(4-8)15(19-7-18-12)20-5-10(13(16)21)11(6-20)14(17)22/h2-4,7,10-11H,5-6H2,1H3,(H2,16,21)(H2,17,22). The van der Waals surface area contributed by atoms with Gasteiger partial charge >= 0.3 is 0 Å². The van der Waals surface area contributed by atoms with Gasteiger partial charge in [-0.1, -0.05) is 11.6 Å². The molecule has 2 unspecified atom stereocenters. The highest BCUT2D eigenvalue weighted by atomic mass is 16.2. The number of anilines is 1. The molecule has 1 aliphatic rings. The van der Waals surface area contributed by atoms with Crippen molar-refractivity contribution in [2.75, 3.05) is 18.0 Å². The normalized spacial score (nSPS) is 21.2. The van der Waals surface area contributed by atoms with Crippen LogP contribution < -0.4 is 16.4 Å². The van der Waals surface area contributed by atoms with Crippen LogP contribution in [0.4, 0.5) is 5.82 Å². The summed E-state index contributed by atoms with van der Waals surface area (Å²) >= 11 is 0. The van der Waals surface area contributed by atoms with Crippen LogP contribution in [0.3, 0.4) is 0 Å². The molecule has 2 atom stereocenters. The Balaban J connectivity index is 2.03. The van der Waals surface area contributed by atoms with Gasteiger partial charge in [0.1, 0.15) is 12.1 Å². The molecule has 2 amide bonds. The minimum absolute atomic E-state index is 0.336. The van der Waals surface area contributed by atoms with Gasteiger partial charge in [0.25, 0.3) is 0 Å². The molecule has 0 aliphatic carbocycles. The summed E-state index contributed by atoms with van der Waals surface area (Å²) in [5, 5.41) is 0.885. The van der Waals surface area contributed by atoms with E-state index in [-0.39, 0.29) is 0 Å². The van der Waals surface area contributed by atoms with Gasteiger partial charge < -0.3 is 16.4 Å². The second-order valence-corrected chi connectivity index (χ2v) is 5.64. The fourth-order valence-electron chi connectivity index (χ4n) is 2.96. The Morgan fingerprint density at radius 2 is 1.77 bits per heavy atom. The molecule has 7 nitrogen and oxygen atoms in total. The van der Waals surface area contributed by atoms with Gasteiger partial charge in [-0.05, 0) is 19.1 Å². The van der Waals surface area contributed by atoms with Gasteiger partial charge in [0.2, 0.25) is 11.8 Å². The van der Waals surface area contributed by atoms with E-state index in [1.54, 1.807) is 0 Å². The summed E-state index contributed by atoms with van der Waals surface area (Å²) in [6.07, 6.45) is 1.48. The number of benzene rings is 1. The number of amides is 2. The number of primary amides is 2. The van der Waals surface area contributed by atoms with E-state index in [1.165, 1.54) is 6.33 Å². The topological polar surface area (TPSA) is 115 Å². The third-order valence-corrected chi connectivity index (χ3v) is 4.12. The molecule has 22 heavy (non-hydrogen) atoms. The summed E-state index contributed by atoms with van der Waals surface area (Å²) in [6, 6.07) is 5.88. The van der Waals surface area contributed by atoms with E-state index in [4.69, 9.17) is 11.5 Å². The summed E-state index contributed by atoms with van der Waals surface area (Å²) < 4.78 is 0. The van der Waals surface area contributed by atoms with Gasteiger partial charge in [0.05, 0.1) is 17.4 Å². The monoisotopic (exact) mass is 299 g/mol. The lowest BCUT2D eigenvalue weighted by Crippen LogP contribution is -2.36. The Morgan fingerprint density at radius 3 is 2.36 bits per heavy atom. The van der Waals surface area contributed by atoms with E-state index < -0.39 is 23.7 Å². The number of aromatic nitrogens is 2. The summed E-state index contributed by atoms with van der Waals surface area (Å²) in [6.45, 7) is 2.66. The summed E-state index contributed by atoms with van der Waals surface area (Å²) in [4.78, 5) is 33.6. The number of fused-ring (bicyclic) bond motifs is 1. The molecular formula is C15H17N5O2. The van der Waals surface area contributed by atoms with Gasteiger partial charge in [-0.2, -0.15) is 0 Å². The first-order valence-corrected chi connectivity index (χ1v) is 7.02. The Kier molecular flexibility index (Phi) is 3.40. The van der Waals surface area contributed by atoms with Gasteiger partial charge in [-0.25, -0.2) is 9.97 Å². The first-order chi connectivity index (χ1) is 10.5. The van der Waals surface area contributed by atoms with Crippen molar-refractivity contribution in [1.82, 2.24) is 9.97 Å². The lowest BCUT2D eigenvalue weighted by Gasteiger charge is -2.18. The van der Waals surface area contributed by atoms with Crippen LogP contribution in [-0.4, -0.2) is 34.9 Å². The molecule has 2 heterocycles. The third kappa shape index (κ3) is 2.34. The maximum atomic E-state index is 11.6. The molecule has 3 rings (SSSR count). The maximum Gasteiger partial charge on any atom is 0.223 e. The van der Waals surface area contributed by atoms with E-state index in [9.17, 15) is 9.59 Å². The molecule has 0 radical (unpaired) electrons. The van der Waals surface area contributed by atoms with Crippen molar-refractivity contribution in [3.8, 4) is 0 Å². The van der Waals surface area contributed by atoms with Crippen molar-refractivity contribution in [1.29, 1.82) is 0 Å². The molecule has 0 bridgehead atoms. The molecule has 1 aromatic carbocycles. The highest BCUT2D eigenvalue weighted by Gasteiger charge is 2.40. The molecule has 114 valence electrons. The minimum Gasteiger partial charge on any atom is -0.369 e. The average Bonchev–Trinajstić information content (AvgIpc) is 2.92. The molecule has 1 aliphatic heterocycles. The Morgan fingerprint density at radius 1 is 1.14 bits per heavy atom. The largest absolute Gasteiger partial charge is 0.369 e. The molecule has 0 spiro atoms. The molecular weight excluding hydrogens is 282 g/mol. The highest BCUT2D eigenvalue weighted by Crippen LogP contribution is 2.31. The molecule has 4 N–H and O–H groups in total. The zero-order valence-corrected chi connectivity index (χ0v) is 12.2. The number of carbonyl (C=O) groups is 2. The van der Waals surface area contributed by atoms with E-state index in [2.05, 4.69) is 9.97 Å². The number of hydrogen-bond acceptors (Lipinski definition) is 5. The van der Waals surface area contributed by atoms with Crippen molar-refractivity contribution in [2.45, 2.75) is 6.92 Å². The van der Waals surface area contributed by atoms with Gasteiger partial charge in [0, 0.05) is 18.5 Å². The Labute approximate surface area is 127 Å². The smallest absolute Gasteiger partial charge is 0.223 e. The average molecular weight is 299 g/mol. The SMILES string of the molecule is Cc1ccc2ncnc(N3CC(C(N)=O)C(C(N)=O)C3)c2c1. The van der Waals surface area contributed by atoms with Crippen molar-refractivity contribution < 1.29 is 9.59 Å². The number of nitrogens with two attached hydrogens (primary N) is 2. The van der Waals surface area contributed by atoms with Crippen LogP contribution in [0, 0.1) is 18.8 Å². The highest BCUT2D eigenvalue weighted by molar-refractivity contribution is 5.92. The van der Waals surface area contributed by atoms with E-state index in [0.717, 1.165) is 16.5 Å². The number of carbonyl (C=O) groups excluding carboxylic acids is 2. The molecule has 7 heteroatoms. The van der Waals surface area contributed by atoms with Crippen LogP contribution in [0.5, 0.6) is 0 Å². The molecule has 1 aromatic heterocycles. The van der Waals surface area contributed by atoms with Crippen LogP contribution in [0.15, 0.2) is 24.5 Å². The molecule has 1 fully saturated rings. The second kappa shape index (κ2) is 5.25. The maximum absolute atomic E-state index is 11.6. The fourth-order valence-corrected chi connectivity index (χ4v) is 2.96. The van der Waals surface area contributed by atoms with Crippen LogP contribution >= 0.6 is 0 Å². The van der Waals surface area contributed by atoms with Gasteiger partial charge in [-0.3, -0.25) is 9.59 Å². The van der Waals surface area contributed by atoms with Gasteiger partial charge in [0.15, 0.2) is 0 Å². The van der Waals surface area contributed by atoms with Crippen LogP contribution in [0.1, 0.15) is 5.56 Å². The zero-order chi connectivity index (χ0) is 15.9. The fraction of sp³-hybridized carbons (Fsp3) is 0.333. The summed E-state index contributed by atoms with van der Waals surface area (Å²) in [5.41, 5.74) is 12.7. The number of aryl methyl sites for hydroxylation is 1. The van der Waals surface area contributed by atoms with Crippen molar-refractivity contribution in [2.24, 2.45) is 23.3 Å². The second-order valence-electron chi connectivity index (χ2n) is 5.64. The van der Waals surface area contributed by atoms with Crippen molar-refractivity contribution in [3.05, 3.63) is 30.1 Å². The van der Waals surface area contributed by atoms with E-state index in [0.29, 0.717) is 18.9 Å². The molecule has 0 saturated carbocycles. The van der Waals surface area contributed by atoms with Crippen LogP contribution in [-0.2, 0) is 9.59 Å². The Hall–Kier alpha value is -2.70. The predicted octanol–water partition coefficient (Wildman–Crippen LogP) is -0.0388. The number of hydrogen-bond donors (Lipinski definition) is 2. The molecule has 2 aromatic rings. The summed E-state index contributed by atoms with van der Waals surface area (Å²) in [5.74, 6) is -1.51. The molecule has 1 saturated heterocycles. The lowest BCUT2D eigenvalue weighted by atomic mass is 9.95. The zero-order valence-electron chi connectivity index (χ0n) is 12.2. The lowest BCUT2D eigenvalue weighted by molar-refractivity contribution is -0.129. The van der Waals surface area contributed by atoms with Crippen molar-refractivity contribution >= 4 is 28.5 Å². The number of nitrogens with zero attached hydrogens (tertiary/aromatic N) is 3. The van der Waals surface area contributed by atoms with Gasteiger partial charge in [-0.15, -0.1) is 0 Å². The van der Waals surface area contributed by atoms with E-state index in [1.807, 2.05) is 30.0 Å².